The van der Waals surface area contributed by atoms with Gasteiger partial charge >= 0.3 is 6.03 Å². The van der Waals surface area contributed by atoms with E-state index >= 15 is 0 Å². The Kier molecular flexibility index (Phi) is 8.87. The molecule has 3 aromatic carbocycles. The van der Waals surface area contributed by atoms with E-state index in [4.69, 9.17) is 15.5 Å². The first kappa shape index (κ1) is 30.9. The molecule has 11 heteroatoms. The summed E-state index contributed by atoms with van der Waals surface area (Å²) in [5.74, 6) is -0.752. The highest BCUT2D eigenvalue weighted by molar-refractivity contribution is 9.10. The van der Waals surface area contributed by atoms with E-state index in [1.54, 1.807) is 23.1 Å². The second kappa shape index (κ2) is 12.6. The number of carbonyl (C=O) groups is 4. The number of piperazine rings is 1. The highest BCUT2D eigenvalue weighted by Gasteiger charge is 2.45. The molecule has 2 heterocycles. The molecular weight excluding hydrogens is 626 g/mol. The van der Waals surface area contributed by atoms with Gasteiger partial charge in [-0.3, -0.25) is 24.3 Å². The molecule has 3 aromatic rings. The summed E-state index contributed by atoms with van der Waals surface area (Å²) in [7, 11) is 0. The molecule has 5 rings (SSSR count). The molecule has 0 spiro atoms. The molecular formula is C33H34BrN5O5. The number of nitrogens with zero attached hydrogens (tertiary/aromatic N) is 3. The Morgan fingerprint density at radius 1 is 1.02 bits per heavy atom. The molecule has 228 valence electrons. The standard InChI is InChI=1S/C33H34BrN5O5/c1-33(2,3)44-26-17-22(25(40)18-27(35)41)11-14-24(26)31-37-29(20-7-5-4-6-8-20)30(21-9-12-23(34)13-10-21)39(31)32(43)38-16-15-36-28(42)19-38/h4-14,17,29-30H,15-16,18-19H2,1-3H3,(H2,35,41)(H,36,42). The monoisotopic (exact) mass is 659 g/mol. The molecule has 1 fully saturated rings. The predicted octanol–water partition coefficient (Wildman–Crippen LogP) is 4.78. The second-order valence-corrected chi connectivity index (χ2v) is 12.6. The Hall–Kier alpha value is -4.51. The van der Waals surface area contributed by atoms with Crippen LogP contribution in [0, 0.1) is 0 Å². The number of amides is 4. The van der Waals surface area contributed by atoms with Crippen LogP contribution in [0.2, 0.25) is 0 Å². The van der Waals surface area contributed by atoms with Gasteiger partial charge in [0.25, 0.3) is 0 Å². The van der Waals surface area contributed by atoms with Crippen LogP contribution in [0.1, 0.15) is 66.3 Å². The number of ether oxygens (including phenoxy) is 1. The van der Waals surface area contributed by atoms with E-state index in [1.165, 1.54) is 4.90 Å². The van der Waals surface area contributed by atoms with Crippen molar-refractivity contribution in [3.63, 3.8) is 0 Å². The number of urea groups is 1. The lowest BCUT2D eigenvalue weighted by Gasteiger charge is -2.36. The molecule has 4 amide bonds. The lowest BCUT2D eigenvalue weighted by molar-refractivity contribution is -0.123. The van der Waals surface area contributed by atoms with Crippen molar-refractivity contribution in [2.24, 2.45) is 10.7 Å². The number of rotatable bonds is 7. The second-order valence-electron chi connectivity index (χ2n) is 11.7. The zero-order chi connectivity index (χ0) is 31.6. The van der Waals surface area contributed by atoms with E-state index in [-0.39, 0.29) is 24.0 Å². The Labute approximate surface area is 264 Å². The van der Waals surface area contributed by atoms with Crippen LogP contribution >= 0.6 is 15.9 Å². The van der Waals surface area contributed by atoms with Gasteiger partial charge in [0.2, 0.25) is 11.8 Å². The van der Waals surface area contributed by atoms with Crippen molar-refractivity contribution >= 4 is 45.4 Å². The highest BCUT2D eigenvalue weighted by atomic mass is 79.9. The Balaban J connectivity index is 1.71. The number of aliphatic imine (C=N–C) groups is 1. The SMILES string of the molecule is CC(C)(C)Oc1cc(C(=O)CC(N)=O)ccc1C1=NC(c2ccccc2)C(c2ccc(Br)cc2)N1C(=O)N1CCNC(=O)C1. The summed E-state index contributed by atoms with van der Waals surface area (Å²) in [4.78, 5) is 59.5. The summed E-state index contributed by atoms with van der Waals surface area (Å²) in [6.07, 6.45) is -0.446. The van der Waals surface area contributed by atoms with E-state index in [1.807, 2.05) is 75.4 Å². The molecule has 10 nitrogen and oxygen atoms in total. The van der Waals surface area contributed by atoms with Crippen molar-refractivity contribution in [3.8, 4) is 5.75 Å². The summed E-state index contributed by atoms with van der Waals surface area (Å²) in [5, 5.41) is 2.78. The fraction of sp³-hybridized carbons (Fsp3) is 0.303. The van der Waals surface area contributed by atoms with Crippen LogP contribution in [-0.4, -0.2) is 64.5 Å². The first-order chi connectivity index (χ1) is 20.9. The molecule has 0 aliphatic carbocycles. The zero-order valence-electron chi connectivity index (χ0n) is 24.7. The van der Waals surface area contributed by atoms with E-state index in [2.05, 4.69) is 21.2 Å². The smallest absolute Gasteiger partial charge is 0.326 e. The quantitative estimate of drug-likeness (QED) is 0.278. The summed E-state index contributed by atoms with van der Waals surface area (Å²) in [6, 6.07) is 20.9. The fourth-order valence-corrected chi connectivity index (χ4v) is 5.62. The van der Waals surface area contributed by atoms with Crippen LogP contribution in [0.4, 0.5) is 4.79 Å². The molecule has 0 radical (unpaired) electrons. The maximum Gasteiger partial charge on any atom is 0.326 e. The maximum atomic E-state index is 14.5. The number of primary amides is 1. The number of halogens is 1. The number of carbonyl (C=O) groups excluding carboxylic acids is 4. The van der Waals surface area contributed by atoms with Gasteiger partial charge in [0, 0.05) is 23.1 Å². The minimum Gasteiger partial charge on any atom is -0.487 e. The zero-order valence-corrected chi connectivity index (χ0v) is 26.3. The van der Waals surface area contributed by atoms with E-state index in [0.717, 1.165) is 15.6 Å². The van der Waals surface area contributed by atoms with Gasteiger partial charge < -0.3 is 20.7 Å². The average molecular weight is 661 g/mol. The summed E-state index contributed by atoms with van der Waals surface area (Å²) < 4.78 is 7.25. The normalized spacial score (nSPS) is 18.5. The number of nitrogens with two attached hydrogens (primary N) is 1. The summed E-state index contributed by atoms with van der Waals surface area (Å²) in [5.41, 5.74) is 7.10. The first-order valence-electron chi connectivity index (χ1n) is 14.3. The molecule has 3 N–H and O–H groups in total. The van der Waals surface area contributed by atoms with Crippen molar-refractivity contribution < 1.29 is 23.9 Å². The highest BCUT2D eigenvalue weighted by Crippen LogP contribution is 2.45. The van der Waals surface area contributed by atoms with Crippen LogP contribution in [0.15, 0.2) is 82.3 Å². The Bertz CT molecular complexity index is 1620. The maximum absolute atomic E-state index is 14.5. The Morgan fingerprint density at radius 2 is 1.73 bits per heavy atom. The number of amidine groups is 1. The third-order valence-electron chi connectivity index (χ3n) is 7.23. The molecule has 2 atom stereocenters. The molecule has 0 aromatic heterocycles. The van der Waals surface area contributed by atoms with Gasteiger partial charge in [0.15, 0.2) is 5.78 Å². The number of Topliss-reactive ketones (excluding diaryl/α,β-unsaturated/α-hetero) is 1. The van der Waals surface area contributed by atoms with Gasteiger partial charge in [-0.2, -0.15) is 0 Å². The van der Waals surface area contributed by atoms with Crippen LogP contribution in [-0.2, 0) is 9.59 Å². The first-order valence-corrected chi connectivity index (χ1v) is 15.1. The molecule has 2 aliphatic rings. The van der Waals surface area contributed by atoms with Crippen LogP contribution in [0.25, 0.3) is 0 Å². The van der Waals surface area contributed by atoms with E-state index < -0.39 is 35.8 Å². The topological polar surface area (TPSA) is 134 Å². The van der Waals surface area contributed by atoms with Crippen molar-refractivity contribution in [1.29, 1.82) is 0 Å². The van der Waals surface area contributed by atoms with Gasteiger partial charge in [0.05, 0.1) is 18.0 Å². The van der Waals surface area contributed by atoms with Crippen molar-refractivity contribution in [2.75, 3.05) is 19.6 Å². The number of ketones is 1. The molecule has 1 saturated heterocycles. The van der Waals surface area contributed by atoms with Gasteiger partial charge in [-0.15, -0.1) is 0 Å². The Morgan fingerprint density at radius 3 is 2.36 bits per heavy atom. The predicted molar refractivity (Wildman–Crippen MR) is 169 cm³/mol. The molecule has 44 heavy (non-hydrogen) atoms. The van der Waals surface area contributed by atoms with Crippen LogP contribution in [0.3, 0.4) is 0 Å². The third kappa shape index (κ3) is 6.83. The lowest BCUT2D eigenvalue weighted by atomic mass is 9.93. The molecule has 2 aliphatic heterocycles. The van der Waals surface area contributed by atoms with Gasteiger partial charge in [0.1, 0.15) is 29.8 Å². The fourth-order valence-electron chi connectivity index (χ4n) is 5.35. The third-order valence-corrected chi connectivity index (χ3v) is 7.76. The number of hydrogen-bond donors (Lipinski definition) is 2. The summed E-state index contributed by atoms with van der Waals surface area (Å²) >= 11 is 3.51. The molecule has 0 saturated carbocycles. The van der Waals surface area contributed by atoms with Crippen molar-refractivity contribution in [1.82, 2.24) is 15.1 Å². The van der Waals surface area contributed by atoms with Crippen molar-refractivity contribution in [3.05, 3.63) is 99.5 Å². The lowest BCUT2D eigenvalue weighted by Crippen LogP contribution is -2.55. The average Bonchev–Trinajstić information content (AvgIpc) is 3.36. The van der Waals surface area contributed by atoms with Crippen molar-refractivity contribution in [2.45, 2.75) is 44.9 Å². The van der Waals surface area contributed by atoms with Crippen LogP contribution in [0.5, 0.6) is 5.75 Å². The number of nitrogens with one attached hydrogen (secondary N) is 1. The minimum atomic E-state index is -0.733. The van der Waals surface area contributed by atoms with E-state index in [0.29, 0.717) is 30.2 Å². The van der Waals surface area contributed by atoms with E-state index in [9.17, 15) is 19.2 Å². The summed E-state index contributed by atoms with van der Waals surface area (Å²) in [6.45, 7) is 6.21. The van der Waals surface area contributed by atoms with Gasteiger partial charge in [-0.25, -0.2) is 4.79 Å². The molecule has 0 bridgehead atoms. The van der Waals surface area contributed by atoms with Gasteiger partial charge in [-0.1, -0.05) is 64.5 Å². The van der Waals surface area contributed by atoms with Crippen LogP contribution < -0.4 is 15.8 Å². The number of benzene rings is 3. The van der Waals surface area contributed by atoms with Gasteiger partial charge in [-0.05, 0) is 56.2 Å². The molecule has 2 unspecified atom stereocenters. The largest absolute Gasteiger partial charge is 0.487 e. The number of hydrogen-bond acceptors (Lipinski definition) is 6. The minimum absolute atomic E-state index is 0.0857.